The number of hydrogen-bond acceptors (Lipinski definition) is 4. The van der Waals surface area contributed by atoms with Gasteiger partial charge in [-0.3, -0.25) is 4.98 Å². The Bertz CT molecular complexity index is 858. The van der Waals surface area contributed by atoms with Gasteiger partial charge in [0, 0.05) is 36.1 Å². The Morgan fingerprint density at radius 3 is 2.74 bits per heavy atom. The Morgan fingerprint density at radius 1 is 1.26 bits per heavy atom. The summed E-state index contributed by atoms with van der Waals surface area (Å²) < 4.78 is 40.2. The van der Waals surface area contributed by atoms with Gasteiger partial charge < -0.3 is 4.57 Å². The molecule has 3 aromatic heterocycles. The van der Waals surface area contributed by atoms with Gasteiger partial charge in [-0.2, -0.15) is 13.2 Å². The van der Waals surface area contributed by atoms with Crippen molar-refractivity contribution in [3.8, 4) is 11.4 Å². The highest BCUT2D eigenvalue weighted by Gasteiger charge is 2.31. The topological polar surface area (TPSA) is 43.6 Å². The van der Waals surface area contributed by atoms with Gasteiger partial charge in [-0.25, -0.2) is 9.97 Å². The fourth-order valence-corrected chi connectivity index (χ4v) is 3.07. The summed E-state index contributed by atoms with van der Waals surface area (Å²) in [6.45, 7) is 2.03. The van der Waals surface area contributed by atoms with Crippen molar-refractivity contribution >= 4 is 22.9 Å². The van der Waals surface area contributed by atoms with E-state index >= 15 is 0 Å². The first-order valence-electron chi connectivity index (χ1n) is 6.88. The summed E-state index contributed by atoms with van der Waals surface area (Å²) in [5.41, 5.74) is 0.607. The molecule has 120 valence electrons. The smallest absolute Gasteiger partial charge is 0.312 e. The molecular weight excluding hydrogens is 325 g/mol. The van der Waals surface area contributed by atoms with E-state index in [4.69, 9.17) is 0 Å². The minimum Gasteiger partial charge on any atom is -0.312 e. The van der Waals surface area contributed by atoms with Crippen molar-refractivity contribution in [2.45, 2.75) is 18.0 Å². The number of rotatable bonds is 3. The quantitative estimate of drug-likeness (QED) is 0.673. The van der Waals surface area contributed by atoms with E-state index in [2.05, 4.69) is 15.0 Å². The van der Waals surface area contributed by atoms with E-state index in [0.29, 0.717) is 11.5 Å². The molecule has 0 aliphatic carbocycles. The number of imidazole rings is 1. The van der Waals surface area contributed by atoms with E-state index in [1.807, 2.05) is 13.0 Å². The summed E-state index contributed by atoms with van der Waals surface area (Å²) in [7, 11) is 1.73. The molecule has 23 heavy (non-hydrogen) atoms. The average Bonchev–Trinajstić information content (AvgIpc) is 2.84. The summed E-state index contributed by atoms with van der Waals surface area (Å²) >= 11 is 1.63. The molecule has 0 radical (unpaired) electrons. The van der Waals surface area contributed by atoms with Crippen LogP contribution in [0.5, 0.6) is 0 Å². The molecule has 3 heterocycles. The number of halogens is 3. The second kappa shape index (κ2) is 5.84. The maximum absolute atomic E-state index is 12.8. The number of pyridine rings is 2. The molecule has 0 spiro atoms. The van der Waals surface area contributed by atoms with Gasteiger partial charge in [0.2, 0.25) is 0 Å². The van der Waals surface area contributed by atoms with E-state index in [1.165, 1.54) is 0 Å². The van der Waals surface area contributed by atoms with E-state index in [-0.39, 0.29) is 5.52 Å². The van der Waals surface area contributed by atoms with Gasteiger partial charge >= 0.3 is 6.18 Å². The van der Waals surface area contributed by atoms with E-state index in [1.54, 1.807) is 35.8 Å². The molecule has 0 saturated carbocycles. The molecule has 3 rings (SSSR count). The van der Waals surface area contributed by atoms with Gasteiger partial charge in [0.1, 0.15) is 11.3 Å². The van der Waals surface area contributed by atoms with Crippen molar-refractivity contribution in [1.29, 1.82) is 0 Å². The van der Waals surface area contributed by atoms with E-state index in [0.717, 1.165) is 28.5 Å². The van der Waals surface area contributed by atoms with Crippen molar-refractivity contribution in [3.05, 3.63) is 36.3 Å². The fourth-order valence-electron chi connectivity index (χ4n) is 2.30. The van der Waals surface area contributed by atoms with Crippen molar-refractivity contribution in [2.24, 2.45) is 7.05 Å². The lowest BCUT2D eigenvalue weighted by Crippen LogP contribution is -2.05. The average molecular weight is 338 g/mol. The molecule has 3 aromatic rings. The third kappa shape index (κ3) is 2.90. The van der Waals surface area contributed by atoms with Gasteiger partial charge in [-0.1, -0.05) is 6.92 Å². The number of hydrogen-bond donors (Lipinski definition) is 0. The van der Waals surface area contributed by atoms with Crippen LogP contribution in [-0.2, 0) is 13.2 Å². The molecule has 0 aliphatic rings. The zero-order chi connectivity index (χ0) is 16.6. The van der Waals surface area contributed by atoms with Crippen LogP contribution in [0.15, 0.2) is 35.6 Å². The summed E-state index contributed by atoms with van der Waals surface area (Å²) in [4.78, 5) is 13.4. The first-order chi connectivity index (χ1) is 10.9. The SMILES string of the molecule is CCSc1ccncc1-c1nc2cc(C(F)(F)F)cnc2n1C. The highest BCUT2D eigenvalue weighted by molar-refractivity contribution is 7.99. The number of thioether (sulfide) groups is 1. The summed E-state index contributed by atoms with van der Waals surface area (Å²) in [6.07, 6.45) is -0.247. The Hall–Kier alpha value is -2.09. The lowest BCUT2D eigenvalue weighted by molar-refractivity contribution is -0.137. The van der Waals surface area contributed by atoms with E-state index < -0.39 is 11.7 Å². The molecule has 0 unspecified atom stereocenters. The van der Waals surface area contributed by atoms with Crippen LogP contribution in [0.2, 0.25) is 0 Å². The normalized spacial score (nSPS) is 12.0. The van der Waals surface area contributed by atoms with Crippen LogP contribution in [-0.4, -0.2) is 25.3 Å². The second-order valence-corrected chi connectivity index (χ2v) is 6.17. The molecule has 0 N–H and O–H groups in total. The number of nitrogens with zero attached hydrogens (tertiary/aromatic N) is 4. The highest BCUT2D eigenvalue weighted by Crippen LogP contribution is 2.33. The van der Waals surface area contributed by atoms with Crippen molar-refractivity contribution < 1.29 is 13.2 Å². The predicted molar refractivity (Wildman–Crippen MR) is 83.1 cm³/mol. The molecule has 0 amide bonds. The van der Waals surface area contributed by atoms with Gasteiger partial charge in [-0.05, 0) is 17.9 Å². The van der Waals surface area contributed by atoms with Crippen molar-refractivity contribution in [2.75, 3.05) is 5.75 Å². The van der Waals surface area contributed by atoms with Crippen LogP contribution in [0.25, 0.3) is 22.6 Å². The fraction of sp³-hybridized carbons (Fsp3) is 0.267. The Labute approximate surface area is 134 Å². The van der Waals surface area contributed by atoms with Crippen LogP contribution < -0.4 is 0 Å². The first-order valence-corrected chi connectivity index (χ1v) is 7.87. The van der Waals surface area contributed by atoms with Crippen LogP contribution in [0.1, 0.15) is 12.5 Å². The standard InChI is InChI=1S/C15H13F3N4S/c1-3-23-12-4-5-19-8-10(12)13-21-11-6-9(15(16,17)18)7-20-14(11)22(13)2/h4-8H,3H2,1-2H3. The molecule has 4 nitrogen and oxygen atoms in total. The molecule has 0 fully saturated rings. The minimum absolute atomic E-state index is 0.216. The third-order valence-electron chi connectivity index (χ3n) is 3.36. The summed E-state index contributed by atoms with van der Waals surface area (Å²) in [5.74, 6) is 1.42. The Morgan fingerprint density at radius 2 is 2.04 bits per heavy atom. The zero-order valence-electron chi connectivity index (χ0n) is 12.4. The largest absolute Gasteiger partial charge is 0.417 e. The van der Waals surface area contributed by atoms with Crippen LogP contribution in [0, 0.1) is 0 Å². The molecule has 0 saturated heterocycles. The van der Waals surface area contributed by atoms with Crippen LogP contribution >= 0.6 is 11.8 Å². The zero-order valence-corrected chi connectivity index (χ0v) is 13.2. The van der Waals surface area contributed by atoms with Gasteiger partial charge in [0.15, 0.2) is 5.65 Å². The third-order valence-corrected chi connectivity index (χ3v) is 4.31. The number of fused-ring (bicyclic) bond motifs is 1. The Kier molecular flexibility index (Phi) is 4.01. The van der Waals surface area contributed by atoms with E-state index in [9.17, 15) is 13.2 Å². The maximum Gasteiger partial charge on any atom is 0.417 e. The molecule has 0 aliphatic heterocycles. The lowest BCUT2D eigenvalue weighted by atomic mass is 10.2. The molecule has 0 bridgehead atoms. The number of alkyl halides is 3. The number of aromatic nitrogens is 4. The van der Waals surface area contributed by atoms with Crippen molar-refractivity contribution in [1.82, 2.24) is 19.5 Å². The second-order valence-electron chi connectivity index (χ2n) is 4.86. The molecule has 0 atom stereocenters. The predicted octanol–water partition coefficient (Wildman–Crippen LogP) is 4.16. The van der Waals surface area contributed by atoms with Crippen molar-refractivity contribution in [3.63, 3.8) is 0 Å². The minimum atomic E-state index is -4.43. The van der Waals surface area contributed by atoms with Gasteiger partial charge in [0.25, 0.3) is 0 Å². The van der Waals surface area contributed by atoms with Crippen LogP contribution in [0.3, 0.4) is 0 Å². The Balaban J connectivity index is 2.18. The first kappa shape index (κ1) is 15.8. The van der Waals surface area contributed by atoms with Crippen LogP contribution in [0.4, 0.5) is 13.2 Å². The molecule has 8 heteroatoms. The molecule has 0 aromatic carbocycles. The van der Waals surface area contributed by atoms with Gasteiger partial charge in [0.05, 0.1) is 5.56 Å². The lowest BCUT2D eigenvalue weighted by Gasteiger charge is -2.07. The number of aryl methyl sites for hydroxylation is 1. The summed E-state index contributed by atoms with van der Waals surface area (Å²) in [5, 5.41) is 0. The summed E-state index contributed by atoms with van der Waals surface area (Å²) in [6, 6.07) is 2.90. The highest BCUT2D eigenvalue weighted by atomic mass is 32.2. The monoisotopic (exact) mass is 338 g/mol. The van der Waals surface area contributed by atoms with Gasteiger partial charge in [-0.15, -0.1) is 11.8 Å². The maximum atomic E-state index is 12.8. The molecular formula is C15H13F3N4S.